The molecule has 0 radical (unpaired) electrons. The van der Waals surface area contributed by atoms with Gasteiger partial charge >= 0.3 is 6.09 Å². The van der Waals surface area contributed by atoms with Gasteiger partial charge in [0.05, 0.1) is 0 Å². The first kappa shape index (κ1) is 25.6. The van der Waals surface area contributed by atoms with Gasteiger partial charge in [0, 0.05) is 44.1 Å². The van der Waals surface area contributed by atoms with Crippen LogP contribution in [-0.2, 0) is 21.8 Å². The van der Waals surface area contributed by atoms with Crippen molar-refractivity contribution in [2.24, 2.45) is 7.05 Å². The molecule has 3 rings (SSSR count). The van der Waals surface area contributed by atoms with Crippen LogP contribution in [0.1, 0.15) is 37.7 Å². The summed E-state index contributed by atoms with van der Waals surface area (Å²) in [5.41, 5.74) is -1.47. The molecule has 2 aromatic rings. The first-order chi connectivity index (χ1) is 15.7. The molecule has 1 fully saturated rings. The van der Waals surface area contributed by atoms with E-state index in [1.165, 1.54) is 11.9 Å². The number of anilines is 1. The highest BCUT2D eigenvalue weighted by molar-refractivity contribution is 7.89. The number of aromatic nitrogens is 1. The number of nitrogens with one attached hydrogen (secondary N) is 2. The zero-order valence-electron chi connectivity index (χ0n) is 19.0. The Morgan fingerprint density at radius 1 is 1.15 bits per heavy atom. The van der Waals surface area contributed by atoms with E-state index in [0.29, 0.717) is 6.07 Å². The summed E-state index contributed by atoms with van der Waals surface area (Å²) in [6, 6.07) is 1.89. The molecule has 9 nitrogen and oxygen atoms in total. The molecule has 0 aliphatic carbocycles. The van der Waals surface area contributed by atoms with Crippen LogP contribution in [0.25, 0.3) is 0 Å². The maximum Gasteiger partial charge on any atom is 0.410 e. The van der Waals surface area contributed by atoms with E-state index in [-0.39, 0.29) is 25.2 Å². The van der Waals surface area contributed by atoms with Crippen LogP contribution in [0.4, 0.5) is 23.7 Å². The molecule has 1 aromatic carbocycles. The van der Waals surface area contributed by atoms with Crippen molar-refractivity contribution in [3.8, 4) is 0 Å². The molecule has 0 bridgehead atoms. The maximum absolute atomic E-state index is 15.0. The van der Waals surface area contributed by atoms with Crippen LogP contribution < -0.4 is 10.0 Å². The van der Waals surface area contributed by atoms with Crippen molar-refractivity contribution in [1.82, 2.24) is 14.2 Å². The largest absolute Gasteiger partial charge is 0.444 e. The molecule has 0 saturated carbocycles. The average Bonchev–Trinajstić information content (AvgIpc) is 3.27. The fraction of sp³-hybridized carbons (Fsp3) is 0.429. The van der Waals surface area contributed by atoms with Crippen molar-refractivity contribution in [2.75, 3.05) is 18.4 Å². The van der Waals surface area contributed by atoms with E-state index in [1.807, 2.05) is 0 Å². The van der Waals surface area contributed by atoms with Gasteiger partial charge in [0.15, 0.2) is 17.5 Å². The summed E-state index contributed by atoms with van der Waals surface area (Å²) < 4.78 is 75.7. The Bertz CT molecular complexity index is 1220. The van der Waals surface area contributed by atoms with E-state index >= 15 is 4.39 Å². The zero-order chi connectivity index (χ0) is 25.4. The number of carbonyl (C=O) groups excluding carboxylic acids is 2. The number of sulfonamides is 1. The lowest BCUT2D eigenvalue weighted by Crippen LogP contribution is -2.40. The minimum absolute atomic E-state index is 0.0338. The summed E-state index contributed by atoms with van der Waals surface area (Å²) in [6.07, 6.45) is 0.630. The molecule has 186 valence electrons. The Morgan fingerprint density at radius 3 is 2.44 bits per heavy atom. The molecular formula is C21H25F3N4O5S. The molecule has 0 spiro atoms. The summed E-state index contributed by atoms with van der Waals surface area (Å²) >= 11 is 0. The van der Waals surface area contributed by atoms with E-state index < -0.39 is 61.7 Å². The standard InChI is InChI=1S/C21H25F3N4O5S/c1-21(2,3)33-20(30)28-8-7-13(10-28)26-34(31,32)16-11-27(4)18(17(16)24)19(29)25-12-5-6-14(22)15(23)9-12/h5-6,9,11,13,26H,7-8,10H2,1-4H3,(H,25,29)/t13-/m1/s1. The predicted molar refractivity (Wildman–Crippen MR) is 116 cm³/mol. The van der Waals surface area contributed by atoms with E-state index in [2.05, 4.69) is 10.0 Å². The van der Waals surface area contributed by atoms with Gasteiger partial charge in [0.2, 0.25) is 10.0 Å². The van der Waals surface area contributed by atoms with Gasteiger partial charge in [-0.15, -0.1) is 0 Å². The molecule has 2 amide bonds. The monoisotopic (exact) mass is 502 g/mol. The van der Waals surface area contributed by atoms with E-state index in [9.17, 15) is 26.8 Å². The number of halogens is 3. The zero-order valence-corrected chi connectivity index (χ0v) is 19.8. The number of nitrogens with zero attached hydrogens (tertiary/aromatic N) is 2. The van der Waals surface area contributed by atoms with Crippen LogP contribution in [0.5, 0.6) is 0 Å². The Balaban J connectivity index is 1.73. The first-order valence-electron chi connectivity index (χ1n) is 10.3. The number of carbonyl (C=O) groups is 2. The number of likely N-dealkylation sites (tertiary alicyclic amines) is 1. The van der Waals surface area contributed by atoms with E-state index in [4.69, 9.17) is 4.74 Å². The van der Waals surface area contributed by atoms with Crippen molar-refractivity contribution >= 4 is 27.7 Å². The van der Waals surface area contributed by atoms with Gasteiger partial charge in [-0.25, -0.2) is 31.1 Å². The van der Waals surface area contributed by atoms with Gasteiger partial charge in [0.1, 0.15) is 16.2 Å². The fourth-order valence-electron chi connectivity index (χ4n) is 3.41. The molecule has 13 heteroatoms. The van der Waals surface area contributed by atoms with Crippen LogP contribution in [0.2, 0.25) is 0 Å². The molecule has 34 heavy (non-hydrogen) atoms. The lowest BCUT2D eigenvalue weighted by atomic mass is 10.2. The number of aryl methyl sites for hydroxylation is 1. The molecule has 1 atom stereocenters. The number of rotatable bonds is 5. The highest BCUT2D eigenvalue weighted by Crippen LogP contribution is 2.23. The van der Waals surface area contributed by atoms with Crippen LogP contribution in [0.15, 0.2) is 29.3 Å². The van der Waals surface area contributed by atoms with Crippen LogP contribution in [-0.4, -0.2) is 54.6 Å². The van der Waals surface area contributed by atoms with Crippen molar-refractivity contribution in [1.29, 1.82) is 0 Å². The van der Waals surface area contributed by atoms with Crippen LogP contribution in [0, 0.1) is 17.5 Å². The average molecular weight is 503 g/mol. The number of benzene rings is 1. The second kappa shape index (κ2) is 9.29. The van der Waals surface area contributed by atoms with Gasteiger partial charge in [-0.3, -0.25) is 4.79 Å². The third kappa shape index (κ3) is 5.70. The van der Waals surface area contributed by atoms with E-state index in [0.717, 1.165) is 22.9 Å². The second-order valence-electron chi connectivity index (χ2n) is 8.88. The van der Waals surface area contributed by atoms with Crippen molar-refractivity contribution < 1.29 is 35.9 Å². The summed E-state index contributed by atoms with van der Waals surface area (Å²) in [5, 5.41) is 2.20. The minimum Gasteiger partial charge on any atom is -0.444 e. The van der Waals surface area contributed by atoms with Crippen molar-refractivity contribution in [3.63, 3.8) is 0 Å². The normalized spacial score (nSPS) is 16.6. The van der Waals surface area contributed by atoms with Gasteiger partial charge < -0.3 is 19.5 Å². The summed E-state index contributed by atoms with van der Waals surface area (Å²) in [7, 11) is -3.13. The number of ether oxygens (including phenoxy) is 1. The molecule has 1 aromatic heterocycles. The Kier molecular flexibility index (Phi) is 6.99. The Labute approximate surface area is 194 Å². The lowest BCUT2D eigenvalue weighted by molar-refractivity contribution is 0.0291. The van der Waals surface area contributed by atoms with E-state index in [1.54, 1.807) is 20.8 Å². The van der Waals surface area contributed by atoms with Gasteiger partial charge in [0.25, 0.3) is 5.91 Å². The number of hydrogen-bond acceptors (Lipinski definition) is 5. The van der Waals surface area contributed by atoms with Crippen molar-refractivity contribution in [3.05, 3.63) is 47.5 Å². The molecular weight excluding hydrogens is 477 g/mol. The molecule has 0 unspecified atom stereocenters. The predicted octanol–water partition coefficient (Wildman–Crippen LogP) is 2.98. The van der Waals surface area contributed by atoms with Gasteiger partial charge in [-0.2, -0.15) is 0 Å². The second-order valence-corrected chi connectivity index (χ2v) is 10.6. The highest BCUT2D eigenvalue weighted by atomic mass is 32.2. The van der Waals surface area contributed by atoms with Crippen LogP contribution >= 0.6 is 0 Å². The summed E-state index contributed by atoms with van der Waals surface area (Å²) in [6.45, 7) is 5.41. The summed E-state index contributed by atoms with van der Waals surface area (Å²) in [4.78, 5) is 25.3. The minimum atomic E-state index is -4.39. The van der Waals surface area contributed by atoms with Gasteiger partial charge in [-0.1, -0.05) is 0 Å². The first-order valence-corrected chi connectivity index (χ1v) is 11.8. The smallest absolute Gasteiger partial charge is 0.410 e. The molecule has 2 heterocycles. The van der Waals surface area contributed by atoms with Gasteiger partial charge in [-0.05, 0) is 39.3 Å². The summed E-state index contributed by atoms with van der Waals surface area (Å²) in [5.74, 6) is -4.70. The lowest BCUT2D eigenvalue weighted by Gasteiger charge is -2.24. The molecule has 1 saturated heterocycles. The fourth-order valence-corrected chi connectivity index (χ4v) is 4.80. The number of hydrogen-bond donors (Lipinski definition) is 2. The highest BCUT2D eigenvalue weighted by Gasteiger charge is 2.35. The Morgan fingerprint density at radius 2 is 1.82 bits per heavy atom. The quantitative estimate of drug-likeness (QED) is 0.653. The third-order valence-corrected chi connectivity index (χ3v) is 6.44. The maximum atomic E-state index is 15.0. The Hall–Kier alpha value is -3.06. The van der Waals surface area contributed by atoms with Crippen molar-refractivity contribution in [2.45, 2.75) is 43.7 Å². The van der Waals surface area contributed by atoms with Crippen LogP contribution in [0.3, 0.4) is 0 Å². The number of amides is 2. The molecule has 2 N–H and O–H groups in total. The SMILES string of the molecule is Cn1cc(S(=O)(=O)N[C@@H]2CCN(C(=O)OC(C)(C)C)C2)c(F)c1C(=O)Nc1ccc(F)c(F)c1. The third-order valence-electron chi connectivity index (χ3n) is 4.93. The molecule has 1 aliphatic heterocycles. The molecule has 1 aliphatic rings. The topological polar surface area (TPSA) is 110 Å².